The summed E-state index contributed by atoms with van der Waals surface area (Å²) >= 11 is 0. The highest BCUT2D eigenvalue weighted by Gasteiger charge is 2.18. The van der Waals surface area contributed by atoms with E-state index in [9.17, 15) is 14.0 Å². The number of aryl methyl sites for hydroxylation is 1. The zero-order valence-electron chi connectivity index (χ0n) is 22.4. The molecular formula is C27H35FN8O4. The molecule has 0 spiro atoms. The highest BCUT2D eigenvalue weighted by molar-refractivity contribution is 5.77. The molecule has 4 N–H and O–H groups in total. The van der Waals surface area contributed by atoms with Crippen LogP contribution in [-0.4, -0.2) is 68.7 Å². The van der Waals surface area contributed by atoms with Crippen LogP contribution in [0.2, 0.25) is 0 Å². The Labute approximate surface area is 230 Å². The molecule has 4 rings (SSSR count). The molecule has 0 radical (unpaired) electrons. The SMILES string of the molecule is Nc1nc2c(nc(-c3cnn(CCCOCCOCCCCCCNC=O)c3)n2Cc2ccc(F)cc2)c(=O)[nH]1. The van der Waals surface area contributed by atoms with Gasteiger partial charge in [0.1, 0.15) is 11.6 Å². The topological polar surface area (TPSA) is 155 Å². The van der Waals surface area contributed by atoms with E-state index in [4.69, 9.17) is 15.2 Å². The molecule has 1 amide bonds. The fraction of sp³-hybridized carbons (Fsp3) is 0.444. The van der Waals surface area contributed by atoms with E-state index in [1.54, 1.807) is 27.6 Å². The van der Waals surface area contributed by atoms with Crippen LogP contribution in [0.3, 0.4) is 0 Å². The number of nitrogens with one attached hydrogen (secondary N) is 2. The molecule has 0 aliphatic heterocycles. The van der Waals surface area contributed by atoms with E-state index < -0.39 is 5.56 Å². The summed E-state index contributed by atoms with van der Waals surface area (Å²) < 4.78 is 28.3. The summed E-state index contributed by atoms with van der Waals surface area (Å²) in [6.45, 7) is 4.06. The molecular weight excluding hydrogens is 519 g/mol. The Morgan fingerprint density at radius 3 is 2.52 bits per heavy atom. The van der Waals surface area contributed by atoms with Crippen molar-refractivity contribution in [1.82, 2.24) is 34.6 Å². The predicted octanol–water partition coefficient (Wildman–Crippen LogP) is 2.48. The van der Waals surface area contributed by atoms with Crippen LogP contribution >= 0.6 is 0 Å². The molecule has 3 aromatic heterocycles. The quantitative estimate of drug-likeness (QED) is 0.125. The van der Waals surface area contributed by atoms with Gasteiger partial charge in [0.2, 0.25) is 12.4 Å². The van der Waals surface area contributed by atoms with Gasteiger partial charge in [-0.05, 0) is 37.0 Å². The molecule has 4 aromatic rings. The highest BCUT2D eigenvalue weighted by Crippen LogP contribution is 2.24. The van der Waals surface area contributed by atoms with E-state index >= 15 is 0 Å². The van der Waals surface area contributed by atoms with E-state index in [0.29, 0.717) is 56.6 Å². The second-order valence-corrected chi connectivity index (χ2v) is 9.33. The fourth-order valence-corrected chi connectivity index (χ4v) is 4.27. The molecule has 0 saturated carbocycles. The van der Waals surface area contributed by atoms with Gasteiger partial charge in [0.05, 0.1) is 31.5 Å². The molecule has 0 aliphatic rings. The normalized spacial score (nSPS) is 11.3. The van der Waals surface area contributed by atoms with Crippen molar-refractivity contribution in [3.8, 4) is 11.4 Å². The van der Waals surface area contributed by atoms with Crippen molar-refractivity contribution in [2.45, 2.75) is 45.2 Å². The van der Waals surface area contributed by atoms with Gasteiger partial charge in [0.25, 0.3) is 5.56 Å². The number of benzene rings is 1. The number of carbonyl (C=O) groups is 1. The van der Waals surface area contributed by atoms with Crippen LogP contribution in [0, 0.1) is 5.82 Å². The third kappa shape index (κ3) is 8.20. The Hall–Kier alpha value is -4.10. The number of hydrogen-bond donors (Lipinski definition) is 3. The van der Waals surface area contributed by atoms with Crippen molar-refractivity contribution in [2.75, 3.05) is 38.7 Å². The number of fused-ring (bicyclic) bond motifs is 1. The summed E-state index contributed by atoms with van der Waals surface area (Å²) in [5.41, 5.74) is 7.41. The van der Waals surface area contributed by atoms with Gasteiger partial charge in [-0.25, -0.2) is 9.37 Å². The zero-order valence-corrected chi connectivity index (χ0v) is 22.4. The highest BCUT2D eigenvalue weighted by atomic mass is 19.1. The van der Waals surface area contributed by atoms with Crippen molar-refractivity contribution in [1.29, 1.82) is 0 Å². The van der Waals surface area contributed by atoms with Crippen LogP contribution < -0.4 is 16.6 Å². The van der Waals surface area contributed by atoms with Crippen LogP contribution in [0.25, 0.3) is 22.6 Å². The van der Waals surface area contributed by atoms with E-state index in [2.05, 4.69) is 25.4 Å². The van der Waals surface area contributed by atoms with Gasteiger partial charge in [0.15, 0.2) is 11.2 Å². The van der Waals surface area contributed by atoms with Crippen molar-refractivity contribution < 1.29 is 18.7 Å². The number of anilines is 1. The maximum atomic E-state index is 13.4. The molecule has 214 valence electrons. The second-order valence-electron chi connectivity index (χ2n) is 9.33. The lowest BCUT2D eigenvalue weighted by Gasteiger charge is -2.08. The van der Waals surface area contributed by atoms with E-state index in [1.165, 1.54) is 12.1 Å². The van der Waals surface area contributed by atoms with Crippen molar-refractivity contribution in [3.63, 3.8) is 0 Å². The summed E-state index contributed by atoms with van der Waals surface area (Å²) in [5, 5.41) is 7.10. The summed E-state index contributed by atoms with van der Waals surface area (Å²) in [4.78, 5) is 34.0. The Morgan fingerprint density at radius 2 is 1.75 bits per heavy atom. The molecule has 13 heteroatoms. The Morgan fingerprint density at radius 1 is 1.00 bits per heavy atom. The molecule has 0 aliphatic carbocycles. The number of halogens is 1. The van der Waals surface area contributed by atoms with Crippen LogP contribution in [0.5, 0.6) is 0 Å². The molecule has 0 saturated heterocycles. The first-order valence-corrected chi connectivity index (χ1v) is 13.4. The third-order valence-electron chi connectivity index (χ3n) is 6.26. The fourth-order valence-electron chi connectivity index (χ4n) is 4.27. The number of nitrogens with two attached hydrogens (primary N) is 1. The second kappa shape index (κ2) is 14.9. The lowest BCUT2D eigenvalue weighted by atomic mass is 10.2. The number of H-pyrrole nitrogens is 1. The number of aromatic amines is 1. The number of ether oxygens (including phenoxy) is 2. The standard InChI is InChI=1S/C27H35FN8O4/c28-22-8-6-20(7-9-22)17-36-24(32-23-25(36)33-27(29)34-26(23)38)21-16-31-35(18-21)11-5-13-40-15-14-39-12-4-2-1-3-10-30-19-37/h6-9,16,18-19H,1-5,10-15,17H2,(H,30,37)(H3,29,33,34,38). The molecule has 12 nitrogen and oxygen atoms in total. The summed E-state index contributed by atoms with van der Waals surface area (Å²) in [6.07, 6.45) is 9.18. The van der Waals surface area contributed by atoms with Crippen LogP contribution in [0.15, 0.2) is 41.5 Å². The van der Waals surface area contributed by atoms with Gasteiger partial charge < -0.3 is 25.1 Å². The summed E-state index contributed by atoms with van der Waals surface area (Å²) in [7, 11) is 0. The smallest absolute Gasteiger partial charge is 0.280 e. The van der Waals surface area contributed by atoms with Gasteiger partial charge in [-0.3, -0.25) is 19.3 Å². The average molecular weight is 555 g/mol. The van der Waals surface area contributed by atoms with Crippen molar-refractivity contribution in [2.24, 2.45) is 0 Å². The number of hydrogen-bond acceptors (Lipinski definition) is 8. The molecule has 3 heterocycles. The van der Waals surface area contributed by atoms with Gasteiger partial charge >= 0.3 is 0 Å². The minimum absolute atomic E-state index is 0.00872. The Kier molecular flexibility index (Phi) is 10.8. The minimum atomic E-state index is -0.432. The third-order valence-corrected chi connectivity index (χ3v) is 6.26. The van der Waals surface area contributed by atoms with Crippen LogP contribution in [0.4, 0.5) is 10.3 Å². The van der Waals surface area contributed by atoms with Crippen molar-refractivity contribution in [3.05, 3.63) is 58.4 Å². The summed E-state index contributed by atoms with van der Waals surface area (Å²) in [5.74, 6) is 0.176. The monoisotopic (exact) mass is 554 g/mol. The number of aromatic nitrogens is 6. The largest absolute Gasteiger partial charge is 0.379 e. The zero-order chi connectivity index (χ0) is 28.2. The molecule has 0 atom stereocenters. The number of rotatable bonds is 18. The number of amides is 1. The minimum Gasteiger partial charge on any atom is -0.379 e. The molecule has 0 unspecified atom stereocenters. The molecule has 40 heavy (non-hydrogen) atoms. The van der Waals surface area contributed by atoms with Gasteiger partial charge in [-0.15, -0.1) is 0 Å². The van der Waals surface area contributed by atoms with Gasteiger partial charge in [-0.2, -0.15) is 10.1 Å². The number of unbranched alkanes of at least 4 members (excludes halogenated alkanes) is 3. The van der Waals surface area contributed by atoms with Crippen molar-refractivity contribution >= 4 is 23.5 Å². The molecule has 1 aromatic carbocycles. The number of carbonyl (C=O) groups excluding carboxylic acids is 1. The number of imidazole rings is 1. The first kappa shape index (κ1) is 28.9. The number of nitrogens with zero attached hydrogens (tertiary/aromatic N) is 5. The Balaban J connectivity index is 1.26. The maximum absolute atomic E-state index is 13.4. The van der Waals surface area contributed by atoms with Gasteiger partial charge in [0, 0.05) is 32.5 Å². The van der Waals surface area contributed by atoms with Gasteiger partial charge in [-0.1, -0.05) is 25.0 Å². The van der Waals surface area contributed by atoms with Crippen LogP contribution in [-0.2, 0) is 27.4 Å². The number of nitrogen functional groups attached to an aromatic ring is 1. The predicted molar refractivity (Wildman–Crippen MR) is 148 cm³/mol. The molecule has 0 bridgehead atoms. The lowest BCUT2D eigenvalue weighted by molar-refractivity contribution is -0.109. The van der Waals surface area contributed by atoms with Crippen LogP contribution in [0.1, 0.15) is 37.7 Å². The maximum Gasteiger partial charge on any atom is 0.280 e. The first-order valence-electron chi connectivity index (χ1n) is 13.4. The van der Waals surface area contributed by atoms with E-state index in [-0.39, 0.29) is 17.3 Å². The first-order chi connectivity index (χ1) is 19.5. The summed E-state index contributed by atoms with van der Waals surface area (Å²) in [6, 6.07) is 6.12. The van der Waals surface area contributed by atoms with E-state index in [1.807, 2.05) is 6.20 Å². The average Bonchev–Trinajstić information content (AvgIpc) is 3.55. The molecule has 0 fully saturated rings. The lowest BCUT2D eigenvalue weighted by Crippen LogP contribution is -2.12. The Bertz CT molecular complexity index is 1420. The van der Waals surface area contributed by atoms with E-state index in [0.717, 1.165) is 50.6 Å².